The Labute approximate surface area is 107 Å². The van der Waals surface area contributed by atoms with Crippen molar-refractivity contribution in [2.45, 2.75) is 6.92 Å². The van der Waals surface area contributed by atoms with Gasteiger partial charge in [0.25, 0.3) is 11.2 Å². The standard InChI is InChI=1S/C11H11N5O3/c1-7-10(11(17)15(2)14-7)13-12-8-3-5-9(6-4-8)16(18)19/h3-6,14H,1-2H3. The van der Waals surface area contributed by atoms with Crippen molar-refractivity contribution in [2.75, 3.05) is 0 Å². The highest BCUT2D eigenvalue weighted by Crippen LogP contribution is 2.20. The smallest absolute Gasteiger partial charge is 0.294 e. The fourth-order valence-electron chi connectivity index (χ4n) is 1.54. The predicted octanol–water partition coefficient (Wildman–Crippen LogP) is 2.35. The van der Waals surface area contributed by atoms with Gasteiger partial charge in [0.2, 0.25) is 0 Å². The van der Waals surface area contributed by atoms with Crippen LogP contribution in [0.5, 0.6) is 0 Å². The van der Waals surface area contributed by atoms with Gasteiger partial charge in [0.05, 0.1) is 16.3 Å². The Morgan fingerprint density at radius 3 is 2.37 bits per heavy atom. The summed E-state index contributed by atoms with van der Waals surface area (Å²) in [5.74, 6) is 0. The minimum atomic E-state index is -0.493. The lowest BCUT2D eigenvalue weighted by molar-refractivity contribution is -0.384. The molecule has 0 aliphatic rings. The lowest BCUT2D eigenvalue weighted by atomic mass is 10.3. The number of aromatic nitrogens is 2. The van der Waals surface area contributed by atoms with Crippen LogP contribution in [-0.4, -0.2) is 14.7 Å². The van der Waals surface area contributed by atoms with Crippen molar-refractivity contribution < 1.29 is 4.92 Å². The van der Waals surface area contributed by atoms with Crippen LogP contribution in [-0.2, 0) is 7.05 Å². The highest BCUT2D eigenvalue weighted by atomic mass is 16.6. The molecule has 2 rings (SSSR count). The van der Waals surface area contributed by atoms with Crippen LogP contribution in [0, 0.1) is 17.0 Å². The molecule has 8 heteroatoms. The molecule has 0 amide bonds. The molecule has 0 radical (unpaired) electrons. The molecule has 1 heterocycles. The first-order valence-electron chi connectivity index (χ1n) is 5.41. The summed E-state index contributed by atoms with van der Waals surface area (Å²) in [4.78, 5) is 21.6. The highest BCUT2D eigenvalue weighted by Gasteiger charge is 2.08. The number of nitrogens with zero attached hydrogens (tertiary/aromatic N) is 4. The minimum absolute atomic E-state index is 0.0207. The zero-order valence-electron chi connectivity index (χ0n) is 10.3. The molecule has 0 saturated heterocycles. The van der Waals surface area contributed by atoms with Crippen LogP contribution in [0.4, 0.5) is 17.1 Å². The van der Waals surface area contributed by atoms with Gasteiger partial charge in [0.15, 0.2) is 5.69 Å². The van der Waals surface area contributed by atoms with Crippen LogP contribution in [0.15, 0.2) is 39.3 Å². The number of aromatic amines is 1. The third-order valence-electron chi connectivity index (χ3n) is 2.52. The lowest BCUT2D eigenvalue weighted by Gasteiger charge is -1.92. The first-order chi connectivity index (χ1) is 8.99. The van der Waals surface area contributed by atoms with Crippen LogP contribution in [0.3, 0.4) is 0 Å². The van der Waals surface area contributed by atoms with E-state index in [-0.39, 0.29) is 16.9 Å². The van der Waals surface area contributed by atoms with E-state index in [9.17, 15) is 14.9 Å². The second kappa shape index (κ2) is 4.84. The molecule has 0 saturated carbocycles. The van der Waals surface area contributed by atoms with Crippen molar-refractivity contribution in [1.29, 1.82) is 0 Å². The fraction of sp³-hybridized carbons (Fsp3) is 0.182. The van der Waals surface area contributed by atoms with Gasteiger partial charge in [-0.15, -0.1) is 5.11 Å². The Morgan fingerprint density at radius 1 is 1.26 bits per heavy atom. The number of nitro benzene ring substituents is 1. The molecule has 0 atom stereocenters. The zero-order chi connectivity index (χ0) is 14.0. The largest absolute Gasteiger partial charge is 0.298 e. The number of nitro groups is 1. The van der Waals surface area contributed by atoms with Crippen molar-refractivity contribution in [3.05, 3.63) is 50.4 Å². The molecule has 1 N–H and O–H groups in total. The van der Waals surface area contributed by atoms with Gasteiger partial charge >= 0.3 is 0 Å². The van der Waals surface area contributed by atoms with Crippen LogP contribution in [0.1, 0.15) is 5.69 Å². The van der Waals surface area contributed by atoms with Gasteiger partial charge in [0, 0.05) is 19.2 Å². The van der Waals surface area contributed by atoms with E-state index in [4.69, 9.17) is 0 Å². The van der Waals surface area contributed by atoms with E-state index in [1.807, 2.05) is 0 Å². The second-order valence-corrected chi connectivity index (χ2v) is 3.92. The second-order valence-electron chi connectivity index (χ2n) is 3.92. The Balaban J connectivity index is 2.28. The summed E-state index contributed by atoms with van der Waals surface area (Å²) in [6.07, 6.45) is 0. The number of hydrogen-bond donors (Lipinski definition) is 1. The molecule has 0 aliphatic carbocycles. The van der Waals surface area contributed by atoms with Crippen LogP contribution < -0.4 is 5.56 Å². The van der Waals surface area contributed by atoms with E-state index in [0.29, 0.717) is 11.4 Å². The molecule has 2 aromatic rings. The molecule has 98 valence electrons. The third-order valence-corrected chi connectivity index (χ3v) is 2.52. The molecule has 1 aromatic heterocycles. The maximum Gasteiger partial charge on any atom is 0.294 e. The molecule has 0 unspecified atom stereocenters. The van der Waals surface area contributed by atoms with Gasteiger partial charge in [-0.1, -0.05) is 0 Å². The first kappa shape index (κ1) is 12.7. The molecular formula is C11H11N5O3. The van der Waals surface area contributed by atoms with Gasteiger partial charge in [-0.3, -0.25) is 24.7 Å². The SMILES string of the molecule is Cc1[nH]n(C)c(=O)c1N=Nc1ccc([N+](=O)[O-])cc1. The summed E-state index contributed by atoms with van der Waals surface area (Å²) in [6, 6.07) is 5.59. The Kier molecular flexibility index (Phi) is 3.23. The quantitative estimate of drug-likeness (QED) is 0.520. The van der Waals surface area contributed by atoms with Crippen molar-refractivity contribution >= 4 is 17.1 Å². The molecule has 0 aliphatic heterocycles. The fourth-order valence-corrected chi connectivity index (χ4v) is 1.54. The summed E-state index contributed by atoms with van der Waals surface area (Å²) in [5, 5.41) is 21.0. The Morgan fingerprint density at radius 2 is 1.89 bits per heavy atom. The van der Waals surface area contributed by atoms with Crippen molar-refractivity contribution in [3.63, 3.8) is 0 Å². The summed E-state index contributed by atoms with van der Waals surface area (Å²) < 4.78 is 1.31. The highest BCUT2D eigenvalue weighted by molar-refractivity contribution is 5.45. The van der Waals surface area contributed by atoms with E-state index in [1.165, 1.54) is 28.9 Å². The van der Waals surface area contributed by atoms with E-state index >= 15 is 0 Å². The zero-order valence-corrected chi connectivity index (χ0v) is 10.3. The molecule has 0 fully saturated rings. The van der Waals surface area contributed by atoms with Gasteiger partial charge in [0.1, 0.15) is 0 Å². The molecule has 8 nitrogen and oxygen atoms in total. The van der Waals surface area contributed by atoms with Crippen molar-refractivity contribution in [2.24, 2.45) is 17.3 Å². The average molecular weight is 261 g/mol. The van der Waals surface area contributed by atoms with Crippen LogP contribution in [0.25, 0.3) is 0 Å². The molecule has 0 spiro atoms. The number of hydrogen-bond acceptors (Lipinski definition) is 5. The normalized spacial score (nSPS) is 11.1. The van der Waals surface area contributed by atoms with E-state index in [2.05, 4.69) is 15.3 Å². The third kappa shape index (κ3) is 2.57. The lowest BCUT2D eigenvalue weighted by Crippen LogP contribution is -2.10. The Hall–Kier alpha value is -2.77. The minimum Gasteiger partial charge on any atom is -0.298 e. The summed E-state index contributed by atoms with van der Waals surface area (Å²) in [7, 11) is 1.58. The van der Waals surface area contributed by atoms with Crippen LogP contribution >= 0.6 is 0 Å². The van der Waals surface area contributed by atoms with E-state index < -0.39 is 4.92 Å². The maximum absolute atomic E-state index is 11.6. The van der Waals surface area contributed by atoms with Crippen LogP contribution in [0.2, 0.25) is 0 Å². The van der Waals surface area contributed by atoms with Gasteiger partial charge in [-0.25, -0.2) is 0 Å². The molecule has 19 heavy (non-hydrogen) atoms. The summed E-state index contributed by atoms with van der Waals surface area (Å²) in [5.41, 5.74) is 0.975. The molecular weight excluding hydrogens is 250 g/mol. The van der Waals surface area contributed by atoms with Crippen molar-refractivity contribution in [1.82, 2.24) is 9.78 Å². The number of non-ortho nitro benzene ring substituents is 1. The van der Waals surface area contributed by atoms with Gasteiger partial charge < -0.3 is 0 Å². The topological polar surface area (TPSA) is 106 Å². The average Bonchev–Trinajstić information content (AvgIpc) is 2.62. The number of benzene rings is 1. The number of H-pyrrole nitrogens is 1. The number of nitrogens with one attached hydrogen (secondary N) is 1. The first-order valence-corrected chi connectivity index (χ1v) is 5.41. The summed E-state index contributed by atoms with van der Waals surface area (Å²) >= 11 is 0. The maximum atomic E-state index is 11.6. The molecule has 1 aromatic carbocycles. The number of rotatable bonds is 3. The van der Waals surface area contributed by atoms with Gasteiger partial charge in [-0.05, 0) is 19.1 Å². The van der Waals surface area contributed by atoms with E-state index in [0.717, 1.165) is 0 Å². The monoisotopic (exact) mass is 261 g/mol. The van der Waals surface area contributed by atoms with Crippen molar-refractivity contribution in [3.8, 4) is 0 Å². The summed E-state index contributed by atoms with van der Waals surface area (Å²) in [6.45, 7) is 1.71. The number of aryl methyl sites for hydroxylation is 2. The Bertz CT molecular complexity index is 696. The number of azo groups is 1. The predicted molar refractivity (Wildman–Crippen MR) is 68.0 cm³/mol. The van der Waals surface area contributed by atoms with Gasteiger partial charge in [-0.2, -0.15) is 5.11 Å². The van der Waals surface area contributed by atoms with E-state index in [1.54, 1.807) is 14.0 Å². The molecule has 0 bridgehead atoms.